The van der Waals surface area contributed by atoms with Gasteiger partial charge in [0.05, 0.1) is 37.7 Å². The Kier molecular flexibility index (Phi) is 5.35. The van der Waals surface area contributed by atoms with Crippen LogP contribution in [0.2, 0.25) is 0 Å². The van der Waals surface area contributed by atoms with Gasteiger partial charge in [0.2, 0.25) is 5.91 Å². The Labute approximate surface area is 158 Å². The lowest BCUT2D eigenvalue weighted by Gasteiger charge is -2.16. The standard InChI is InChI=1S/C21H25N3O3/c1-12-8-13(2)21-16(9-12)23-19(24-21)11-20(25)22-14(3)15-6-7-17(26-4)18(10-15)27-5/h6-10,14H,11H2,1-5H3,(H,22,25)(H,23,24). The first-order chi connectivity index (χ1) is 12.9. The monoisotopic (exact) mass is 367 g/mol. The fourth-order valence-electron chi connectivity index (χ4n) is 3.26. The molecule has 0 spiro atoms. The first-order valence-corrected chi connectivity index (χ1v) is 8.88. The van der Waals surface area contributed by atoms with Crippen molar-refractivity contribution in [2.45, 2.75) is 33.2 Å². The molecule has 1 unspecified atom stereocenters. The van der Waals surface area contributed by atoms with Crippen LogP contribution in [0.1, 0.15) is 35.5 Å². The van der Waals surface area contributed by atoms with Gasteiger partial charge in [0.25, 0.3) is 0 Å². The summed E-state index contributed by atoms with van der Waals surface area (Å²) in [6, 6.07) is 9.60. The molecule has 0 saturated heterocycles. The number of carbonyl (C=O) groups is 1. The first kappa shape index (κ1) is 18.8. The maximum Gasteiger partial charge on any atom is 0.228 e. The third-order valence-electron chi connectivity index (χ3n) is 4.58. The van der Waals surface area contributed by atoms with Crippen LogP contribution in [-0.2, 0) is 11.2 Å². The summed E-state index contributed by atoms with van der Waals surface area (Å²) < 4.78 is 10.6. The van der Waals surface area contributed by atoms with Crippen molar-refractivity contribution in [1.82, 2.24) is 15.3 Å². The van der Waals surface area contributed by atoms with E-state index in [-0.39, 0.29) is 18.4 Å². The molecule has 27 heavy (non-hydrogen) atoms. The first-order valence-electron chi connectivity index (χ1n) is 8.88. The van der Waals surface area contributed by atoms with Crippen molar-refractivity contribution < 1.29 is 14.3 Å². The second kappa shape index (κ2) is 7.70. The third-order valence-corrected chi connectivity index (χ3v) is 4.58. The van der Waals surface area contributed by atoms with Gasteiger partial charge in [0, 0.05) is 0 Å². The average molecular weight is 367 g/mol. The second-order valence-corrected chi connectivity index (χ2v) is 6.74. The highest BCUT2D eigenvalue weighted by molar-refractivity contribution is 5.82. The number of H-pyrrole nitrogens is 1. The van der Waals surface area contributed by atoms with Gasteiger partial charge >= 0.3 is 0 Å². The molecule has 0 fully saturated rings. The lowest BCUT2D eigenvalue weighted by Crippen LogP contribution is -2.28. The molecule has 2 aromatic carbocycles. The fraction of sp³-hybridized carbons (Fsp3) is 0.333. The summed E-state index contributed by atoms with van der Waals surface area (Å²) >= 11 is 0. The number of hydrogen-bond acceptors (Lipinski definition) is 4. The zero-order valence-corrected chi connectivity index (χ0v) is 16.3. The van der Waals surface area contributed by atoms with Crippen molar-refractivity contribution in [3.05, 3.63) is 52.8 Å². The van der Waals surface area contributed by atoms with E-state index >= 15 is 0 Å². The number of methoxy groups -OCH3 is 2. The third kappa shape index (κ3) is 4.05. The van der Waals surface area contributed by atoms with E-state index in [1.165, 1.54) is 5.56 Å². The molecule has 0 saturated carbocycles. The number of nitrogens with zero attached hydrogens (tertiary/aromatic N) is 1. The minimum absolute atomic E-state index is 0.0919. The van der Waals surface area contributed by atoms with Gasteiger partial charge in [-0.2, -0.15) is 0 Å². The zero-order chi connectivity index (χ0) is 19.6. The Balaban J connectivity index is 1.71. The number of rotatable bonds is 6. The molecule has 1 amide bonds. The highest BCUT2D eigenvalue weighted by atomic mass is 16.5. The van der Waals surface area contributed by atoms with Crippen LogP contribution in [0, 0.1) is 13.8 Å². The number of aryl methyl sites for hydroxylation is 2. The Morgan fingerprint density at radius 1 is 1.15 bits per heavy atom. The number of carbonyl (C=O) groups excluding carboxylic acids is 1. The molecule has 2 N–H and O–H groups in total. The molecule has 6 heteroatoms. The number of imidazole rings is 1. The van der Waals surface area contributed by atoms with Crippen LogP contribution in [-0.4, -0.2) is 30.1 Å². The molecular weight excluding hydrogens is 342 g/mol. The molecular formula is C21H25N3O3. The van der Waals surface area contributed by atoms with Crippen LogP contribution in [0.15, 0.2) is 30.3 Å². The summed E-state index contributed by atoms with van der Waals surface area (Å²) in [7, 11) is 3.19. The van der Waals surface area contributed by atoms with Gasteiger partial charge in [0.15, 0.2) is 11.5 Å². The molecule has 0 aliphatic rings. The molecule has 0 bridgehead atoms. The van der Waals surface area contributed by atoms with Gasteiger partial charge in [-0.05, 0) is 55.7 Å². The fourth-order valence-corrected chi connectivity index (χ4v) is 3.26. The second-order valence-electron chi connectivity index (χ2n) is 6.74. The maximum atomic E-state index is 12.5. The summed E-state index contributed by atoms with van der Waals surface area (Å²) in [6.07, 6.45) is 0.199. The number of aromatic amines is 1. The van der Waals surface area contributed by atoms with Gasteiger partial charge in [-0.1, -0.05) is 12.1 Å². The summed E-state index contributed by atoms with van der Waals surface area (Å²) in [5.41, 5.74) is 5.09. The minimum Gasteiger partial charge on any atom is -0.493 e. The van der Waals surface area contributed by atoms with Crippen LogP contribution in [0.25, 0.3) is 11.0 Å². The quantitative estimate of drug-likeness (QED) is 0.698. The molecule has 1 aromatic heterocycles. The number of aromatic nitrogens is 2. The molecule has 0 radical (unpaired) electrons. The van der Waals surface area contributed by atoms with Gasteiger partial charge in [-0.25, -0.2) is 4.98 Å². The van der Waals surface area contributed by atoms with Crippen LogP contribution < -0.4 is 14.8 Å². The number of ether oxygens (including phenoxy) is 2. The Morgan fingerprint density at radius 2 is 1.89 bits per heavy atom. The van der Waals surface area contributed by atoms with Gasteiger partial charge in [-0.15, -0.1) is 0 Å². The smallest absolute Gasteiger partial charge is 0.228 e. The topological polar surface area (TPSA) is 76.2 Å². The van der Waals surface area contributed by atoms with Crippen molar-refractivity contribution >= 4 is 16.9 Å². The van der Waals surface area contributed by atoms with Crippen LogP contribution in [0.5, 0.6) is 11.5 Å². The van der Waals surface area contributed by atoms with E-state index in [1.807, 2.05) is 45.0 Å². The van der Waals surface area contributed by atoms with Crippen LogP contribution in [0.4, 0.5) is 0 Å². The van der Waals surface area contributed by atoms with E-state index in [1.54, 1.807) is 14.2 Å². The van der Waals surface area contributed by atoms with E-state index in [9.17, 15) is 4.79 Å². The highest BCUT2D eigenvalue weighted by Crippen LogP contribution is 2.29. The van der Waals surface area contributed by atoms with E-state index in [0.717, 1.165) is 22.2 Å². The predicted octanol–water partition coefficient (Wildman–Crippen LogP) is 3.62. The molecule has 142 valence electrons. The normalized spacial score (nSPS) is 12.0. The van der Waals surface area contributed by atoms with E-state index in [0.29, 0.717) is 17.3 Å². The number of fused-ring (bicyclic) bond motifs is 1. The molecule has 1 atom stereocenters. The van der Waals surface area contributed by atoms with Crippen molar-refractivity contribution in [3.8, 4) is 11.5 Å². The SMILES string of the molecule is COc1ccc(C(C)NC(=O)Cc2nc3c(C)cc(C)cc3[nH]2)cc1OC. The summed E-state index contributed by atoms with van der Waals surface area (Å²) in [5.74, 6) is 1.87. The van der Waals surface area contributed by atoms with E-state index in [4.69, 9.17) is 9.47 Å². The lowest BCUT2D eigenvalue weighted by molar-refractivity contribution is -0.121. The van der Waals surface area contributed by atoms with Crippen molar-refractivity contribution in [2.24, 2.45) is 0 Å². The van der Waals surface area contributed by atoms with Crippen molar-refractivity contribution in [2.75, 3.05) is 14.2 Å². The van der Waals surface area contributed by atoms with Gasteiger partial charge in [0.1, 0.15) is 5.82 Å². The largest absolute Gasteiger partial charge is 0.493 e. The molecule has 6 nitrogen and oxygen atoms in total. The summed E-state index contributed by atoms with van der Waals surface area (Å²) in [5, 5.41) is 3.01. The molecule has 0 aliphatic carbocycles. The number of nitrogens with one attached hydrogen (secondary N) is 2. The van der Waals surface area contributed by atoms with Crippen LogP contribution >= 0.6 is 0 Å². The van der Waals surface area contributed by atoms with Crippen molar-refractivity contribution in [3.63, 3.8) is 0 Å². The number of hydrogen-bond donors (Lipinski definition) is 2. The predicted molar refractivity (Wildman–Crippen MR) is 105 cm³/mol. The lowest BCUT2D eigenvalue weighted by atomic mass is 10.1. The number of benzene rings is 2. The van der Waals surface area contributed by atoms with Crippen molar-refractivity contribution in [1.29, 1.82) is 0 Å². The van der Waals surface area contributed by atoms with Crippen LogP contribution in [0.3, 0.4) is 0 Å². The van der Waals surface area contributed by atoms with Gasteiger partial charge in [-0.3, -0.25) is 4.79 Å². The Hall–Kier alpha value is -3.02. The molecule has 3 aromatic rings. The molecule has 0 aliphatic heterocycles. The number of amides is 1. The summed E-state index contributed by atoms with van der Waals surface area (Å²) in [4.78, 5) is 20.3. The molecule has 3 rings (SSSR count). The van der Waals surface area contributed by atoms with Gasteiger partial charge < -0.3 is 19.8 Å². The summed E-state index contributed by atoms with van der Waals surface area (Å²) in [6.45, 7) is 6.01. The van der Waals surface area contributed by atoms with E-state index in [2.05, 4.69) is 21.4 Å². The maximum absolute atomic E-state index is 12.5. The Bertz CT molecular complexity index is 978. The zero-order valence-electron chi connectivity index (χ0n) is 16.3. The Morgan fingerprint density at radius 3 is 2.59 bits per heavy atom. The highest BCUT2D eigenvalue weighted by Gasteiger charge is 2.15. The van der Waals surface area contributed by atoms with E-state index < -0.39 is 0 Å². The minimum atomic E-state index is -0.161. The molecule has 1 heterocycles. The average Bonchev–Trinajstić information content (AvgIpc) is 3.03.